The SMILES string of the molecule is Cc1c(NN)nc(C(C)(C)C)nc1OCCC(C)(C)C. The molecule has 0 fully saturated rings. The van der Waals surface area contributed by atoms with Gasteiger partial charge in [0.05, 0.1) is 12.2 Å². The molecule has 0 aromatic carbocycles. The van der Waals surface area contributed by atoms with E-state index in [1.165, 1.54) is 0 Å². The molecule has 20 heavy (non-hydrogen) atoms. The molecule has 0 bridgehead atoms. The van der Waals surface area contributed by atoms with Crippen LogP contribution in [0.5, 0.6) is 5.88 Å². The molecule has 0 amide bonds. The van der Waals surface area contributed by atoms with Crippen LogP contribution in [-0.4, -0.2) is 16.6 Å². The topological polar surface area (TPSA) is 73.1 Å². The summed E-state index contributed by atoms with van der Waals surface area (Å²) in [6, 6.07) is 0. The van der Waals surface area contributed by atoms with Gasteiger partial charge in [0.2, 0.25) is 5.88 Å². The van der Waals surface area contributed by atoms with E-state index in [-0.39, 0.29) is 10.8 Å². The van der Waals surface area contributed by atoms with E-state index in [2.05, 4.69) is 56.9 Å². The second-order valence-electron chi connectivity index (χ2n) is 7.38. The third-order valence-electron chi connectivity index (χ3n) is 3.00. The molecule has 0 aliphatic rings. The van der Waals surface area contributed by atoms with Gasteiger partial charge in [-0.05, 0) is 18.8 Å². The maximum Gasteiger partial charge on any atom is 0.221 e. The maximum absolute atomic E-state index is 5.84. The van der Waals surface area contributed by atoms with Gasteiger partial charge in [0.25, 0.3) is 0 Å². The minimum absolute atomic E-state index is 0.151. The average molecular weight is 280 g/mol. The molecule has 0 saturated heterocycles. The van der Waals surface area contributed by atoms with Crippen LogP contribution in [0.25, 0.3) is 0 Å². The first-order chi connectivity index (χ1) is 9.04. The van der Waals surface area contributed by atoms with Gasteiger partial charge >= 0.3 is 0 Å². The van der Waals surface area contributed by atoms with Gasteiger partial charge in [0.1, 0.15) is 5.82 Å². The molecule has 0 unspecified atom stereocenters. The Labute approximate surface area is 122 Å². The summed E-state index contributed by atoms with van der Waals surface area (Å²) in [7, 11) is 0. The van der Waals surface area contributed by atoms with E-state index in [4.69, 9.17) is 10.6 Å². The van der Waals surface area contributed by atoms with Crippen LogP contribution in [0.1, 0.15) is 59.4 Å². The Morgan fingerprint density at radius 2 is 1.70 bits per heavy atom. The monoisotopic (exact) mass is 280 g/mol. The van der Waals surface area contributed by atoms with E-state index >= 15 is 0 Å². The van der Waals surface area contributed by atoms with Crippen molar-refractivity contribution in [1.29, 1.82) is 0 Å². The van der Waals surface area contributed by atoms with E-state index in [0.29, 0.717) is 18.3 Å². The molecule has 0 radical (unpaired) electrons. The summed E-state index contributed by atoms with van der Waals surface area (Å²) in [6.07, 6.45) is 0.965. The minimum Gasteiger partial charge on any atom is -0.477 e. The number of ether oxygens (including phenoxy) is 1. The molecule has 3 N–H and O–H groups in total. The van der Waals surface area contributed by atoms with Gasteiger partial charge in [-0.15, -0.1) is 0 Å². The van der Waals surface area contributed by atoms with Crippen molar-refractivity contribution in [3.05, 3.63) is 11.4 Å². The van der Waals surface area contributed by atoms with Crippen molar-refractivity contribution in [2.75, 3.05) is 12.0 Å². The molecule has 0 aliphatic carbocycles. The molecule has 5 heteroatoms. The zero-order chi connectivity index (χ0) is 15.6. The lowest BCUT2D eigenvalue weighted by Crippen LogP contribution is -2.21. The number of nitrogens with two attached hydrogens (primary N) is 1. The molecule has 0 atom stereocenters. The Kier molecular flexibility index (Phi) is 4.97. The fourth-order valence-corrected chi connectivity index (χ4v) is 1.57. The van der Waals surface area contributed by atoms with E-state index in [9.17, 15) is 0 Å². The highest BCUT2D eigenvalue weighted by atomic mass is 16.5. The minimum atomic E-state index is -0.151. The van der Waals surface area contributed by atoms with Crippen LogP contribution in [0.4, 0.5) is 5.82 Å². The van der Waals surface area contributed by atoms with Gasteiger partial charge in [-0.25, -0.2) is 10.8 Å². The van der Waals surface area contributed by atoms with Crippen molar-refractivity contribution in [2.24, 2.45) is 11.3 Å². The van der Waals surface area contributed by atoms with Gasteiger partial charge in [0.15, 0.2) is 5.82 Å². The first-order valence-corrected chi connectivity index (χ1v) is 7.03. The van der Waals surface area contributed by atoms with E-state index in [0.717, 1.165) is 17.8 Å². The second-order valence-corrected chi connectivity index (χ2v) is 7.38. The Morgan fingerprint density at radius 3 is 2.15 bits per heavy atom. The first kappa shape index (κ1) is 16.7. The number of nitrogen functional groups attached to an aromatic ring is 1. The number of aromatic nitrogens is 2. The average Bonchev–Trinajstić information content (AvgIpc) is 2.28. The van der Waals surface area contributed by atoms with Gasteiger partial charge in [-0.1, -0.05) is 41.5 Å². The first-order valence-electron chi connectivity index (χ1n) is 7.03. The third-order valence-corrected chi connectivity index (χ3v) is 3.00. The summed E-state index contributed by atoms with van der Waals surface area (Å²) >= 11 is 0. The van der Waals surface area contributed by atoms with Crippen LogP contribution in [0.15, 0.2) is 0 Å². The lowest BCUT2D eigenvalue weighted by Gasteiger charge is -2.21. The highest BCUT2D eigenvalue weighted by Gasteiger charge is 2.22. The van der Waals surface area contributed by atoms with Crippen molar-refractivity contribution in [3.8, 4) is 5.88 Å². The fourth-order valence-electron chi connectivity index (χ4n) is 1.57. The fraction of sp³-hybridized carbons (Fsp3) is 0.733. The molecule has 1 heterocycles. The number of hydrogen-bond donors (Lipinski definition) is 2. The molecule has 1 aromatic heterocycles. The van der Waals surface area contributed by atoms with Crippen LogP contribution in [0.3, 0.4) is 0 Å². The highest BCUT2D eigenvalue weighted by molar-refractivity contribution is 5.48. The van der Waals surface area contributed by atoms with Crippen LogP contribution in [0.2, 0.25) is 0 Å². The summed E-state index contributed by atoms with van der Waals surface area (Å²) < 4.78 is 5.84. The van der Waals surface area contributed by atoms with Crippen LogP contribution in [0, 0.1) is 12.3 Å². The van der Waals surface area contributed by atoms with Gasteiger partial charge in [-0.3, -0.25) is 0 Å². The van der Waals surface area contributed by atoms with E-state index in [1.54, 1.807) is 0 Å². The zero-order valence-electron chi connectivity index (χ0n) is 13.8. The summed E-state index contributed by atoms with van der Waals surface area (Å²) in [4.78, 5) is 9.00. The van der Waals surface area contributed by atoms with Gasteiger partial charge in [0, 0.05) is 5.41 Å². The third kappa shape index (κ3) is 4.63. The van der Waals surface area contributed by atoms with Crippen molar-refractivity contribution in [1.82, 2.24) is 9.97 Å². The Balaban J connectivity index is 3.00. The number of hydrogen-bond acceptors (Lipinski definition) is 5. The lowest BCUT2D eigenvalue weighted by atomic mass is 9.93. The van der Waals surface area contributed by atoms with Crippen molar-refractivity contribution in [3.63, 3.8) is 0 Å². The Hall–Kier alpha value is -1.36. The number of nitrogens with one attached hydrogen (secondary N) is 1. The summed E-state index contributed by atoms with van der Waals surface area (Å²) in [5.74, 6) is 7.49. The molecule has 0 saturated carbocycles. The lowest BCUT2D eigenvalue weighted by molar-refractivity contribution is 0.233. The predicted molar refractivity (Wildman–Crippen MR) is 82.8 cm³/mol. The number of hydrazine groups is 1. The van der Waals surface area contributed by atoms with Crippen LogP contribution in [-0.2, 0) is 5.41 Å². The predicted octanol–water partition coefficient (Wildman–Crippen LogP) is 3.18. The number of nitrogens with zero attached hydrogens (tertiary/aromatic N) is 2. The normalized spacial score (nSPS) is 12.4. The van der Waals surface area contributed by atoms with Crippen molar-refractivity contribution >= 4 is 5.82 Å². The maximum atomic E-state index is 5.84. The van der Waals surface area contributed by atoms with E-state index < -0.39 is 0 Å². The van der Waals surface area contributed by atoms with Gasteiger partial charge in [-0.2, -0.15) is 4.98 Å². The molecular formula is C15H28N4O. The van der Waals surface area contributed by atoms with Crippen LogP contribution >= 0.6 is 0 Å². The standard InChI is InChI=1S/C15H28N4O/c1-10-11(19-16)17-13(15(5,6)7)18-12(10)20-9-8-14(2,3)4/h8-9,16H2,1-7H3,(H,17,18,19). The summed E-state index contributed by atoms with van der Waals surface area (Å²) in [5, 5.41) is 0. The van der Waals surface area contributed by atoms with Crippen molar-refractivity contribution in [2.45, 2.75) is 60.3 Å². The molecule has 0 spiro atoms. The summed E-state index contributed by atoms with van der Waals surface area (Å²) in [6.45, 7) is 15.3. The second kappa shape index (κ2) is 5.95. The molecular weight excluding hydrogens is 252 g/mol. The molecule has 1 aromatic rings. The summed E-state index contributed by atoms with van der Waals surface area (Å²) in [5.41, 5.74) is 3.55. The molecule has 1 rings (SSSR count). The number of anilines is 1. The zero-order valence-corrected chi connectivity index (χ0v) is 13.8. The van der Waals surface area contributed by atoms with E-state index in [1.807, 2.05) is 6.92 Å². The van der Waals surface area contributed by atoms with Gasteiger partial charge < -0.3 is 10.2 Å². The number of rotatable bonds is 4. The Morgan fingerprint density at radius 1 is 1.10 bits per heavy atom. The highest BCUT2D eigenvalue weighted by Crippen LogP contribution is 2.28. The van der Waals surface area contributed by atoms with Crippen LogP contribution < -0.4 is 16.0 Å². The molecule has 0 aliphatic heterocycles. The smallest absolute Gasteiger partial charge is 0.221 e. The molecule has 114 valence electrons. The van der Waals surface area contributed by atoms with Crippen molar-refractivity contribution < 1.29 is 4.74 Å². The Bertz CT molecular complexity index is 458. The molecule has 5 nitrogen and oxygen atoms in total. The largest absolute Gasteiger partial charge is 0.477 e. The quantitative estimate of drug-likeness (QED) is 0.654.